The topological polar surface area (TPSA) is 41.1 Å². The van der Waals surface area contributed by atoms with Crippen molar-refractivity contribution in [2.45, 2.75) is 31.7 Å². The molecule has 0 saturated heterocycles. The van der Waals surface area contributed by atoms with Crippen LogP contribution in [0.15, 0.2) is 18.2 Å². The Morgan fingerprint density at radius 3 is 2.65 bits per heavy atom. The maximum absolute atomic E-state index is 11.7. The molecule has 0 spiro atoms. The molecule has 0 atom stereocenters. The minimum atomic E-state index is -0.221. The van der Waals surface area contributed by atoms with E-state index >= 15 is 0 Å². The lowest BCUT2D eigenvalue weighted by Gasteiger charge is -2.13. The van der Waals surface area contributed by atoms with Crippen LogP contribution < -0.4 is 10.6 Å². The summed E-state index contributed by atoms with van der Waals surface area (Å²) in [5.41, 5.74) is 0.537. The quantitative estimate of drug-likeness (QED) is 0.838. The summed E-state index contributed by atoms with van der Waals surface area (Å²) in [5.74, 6) is 0. The first-order chi connectivity index (χ1) is 8.16. The second-order valence-electron chi connectivity index (χ2n) is 4.18. The lowest BCUT2D eigenvalue weighted by atomic mass is 10.2. The molecule has 1 fully saturated rings. The number of benzene rings is 1. The molecule has 0 heterocycles. The first kappa shape index (κ1) is 12.5. The molecular weight excluding hydrogens is 259 g/mol. The molecule has 1 aliphatic rings. The maximum atomic E-state index is 11.7. The van der Waals surface area contributed by atoms with Crippen LogP contribution in [0, 0.1) is 0 Å². The largest absolute Gasteiger partial charge is 0.335 e. The van der Waals surface area contributed by atoms with Gasteiger partial charge in [-0.05, 0) is 25.0 Å². The number of amides is 2. The van der Waals surface area contributed by atoms with Gasteiger partial charge in [0.1, 0.15) is 0 Å². The van der Waals surface area contributed by atoms with Crippen molar-refractivity contribution in [1.29, 1.82) is 0 Å². The van der Waals surface area contributed by atoms with Crippen LogP contribution in [0.4, 0.5) is 10.5 Å². The standard InChI is InChI=1S/C12H14Cl2N2O/c13-9-6-3-7-10(11(9)14)16-12(17)15-8-4-1-2-5-8/h3,6-8H,1-2,4-5H2,(H2,15,16,17). The molecule has 1 aliphatic carbocycles. The molecule has 2 rings (SSSR count). The molecule has 92 valence electrons. The fraction of sp³-hybridized carbons (Fsp3) is 0.417. The van der Waals surface area contributed by atoms with Gasteiger partial charge in [0, 0.05) is 6.04 Å². The average Bonchev–Trinajstić information content (AvgIpc) is 2.77. The summed E-state index contributed by atoms with van der Waals surface area (Å²) in [4.78, 5) is 11.7. The summed E-state index contributed by atoms with van der Waals surface area (Å²) in [6, 6.07) is 5.22. The van der Waals surface area contributed by atoms with E-state index in [9.17, 15) is 4.79 Å². The van der Waals surface area contributed by atoms with Crippen LogP contribution in [0.3, 0.4) is 0 Å². The Balaban J connectivity index is 1.95. The van der Waals surface area contributed by atoms with E-state index in [1.807, 2.05) is 0 Å². The summed E-state index contributed by atoms with van der Waals surface area (Å²) in [5, 5.41) is 6.44. The zero-order valence-corrected chi connectivity index (χ0v) is 10.8. The van der Waals surface area contributed by atoms with Crippen LogP contribution in [0.5, 0.6) is 0 Å². The van der Waals surface area contributed by atoms with Crippen LogP contribution in [0.1, 0.15) is 25.7 Å². The van der Waals surface area contributed by atoms with Crippen LogP contribution >= 0.6 is 23.2 Å². The Bertz CT molecular complexity index is 417. The number of hydrogen-bond donors (Lipinski definition) is 2. The minimum Gasteiger partial charge on any atom is -0.335 e. The van der Waals surface area contributed by atoms with E-state index in [2.05, 4.69) is 10.6 Å². The van der Waals surface area contributed by atoms with E-state index in [-0.39, 0.29) is 12.1 Å². The number of halogens is 2. The SMILES string of the molecule is O=C(Nc1cccc(Cl)c1Cl)NC1CCCC1. The highest BCUT2D eigenvalue weighted by Crippen LogP contribution is 2.29. The maximum Gasteiger partial charge on any atom is 0.319 e. The predicted octanol–water partition coefficient (Wildman–Crippen LogP) is 4.06. The van der Waals surface area contributed by atoms with Crippen molar-refractivity contribution >= 4 is 34.9 Å². The fourth-order valence-corrected chi connectivity index (χ4v) is 2.36. The van der Waals surface area contributed by atoms with Gasteiger partial charge in [-0.25, -0.2) is 4.79 Å². The number of nitrogens with one attached hydrogen (secondary N) is 2. The van der Waals surface area contributed by atoms with Crippen LogP contribution in [-0.2, 0) is 0 Å². The van der Waals surface area contributed by atoms with Crippen LogP contribution in [0.25, 0.3) is 0 Å². The van der Waals surface area contributed by atoms with Gasteiger partial charge in [0.25, 0.3) is 0 Å². The molecule has 0 bridgehead atoms. The molecular formula is C12H14Cl2N2O. The van der Waals surface area contributed by atoms with Gasteiger partial charge in [-0.2, -0.15) is 0 Å². The average molecular weight is 273 g/mol. The Kier molecular flexibility index (Phi) is 4.13. The second-order valence-corrected chi connectivity index (χ2v) is 4.97. The van der Waals surface area contributed by atoms with Gasteiger partial charge in [-0.1, -0.05) is 42.1 Å². The molecule has 3 nitrogen and oxygen atoms in total. The number of hydrogen-bond acceptors (Lipinski definition) is 1. The summed E-state index contributed by atoms with van der Waals surface area (Å²) in [6.45, 7) is 0. The molecule has 0 radical (unpaired) electrons. The van der Waals surface area contributed by atoms with E-state index in [1.54, 1.807) is 18.2 Å². The number of carbonyl (C=O) groups is 1. The van der Waals surface area contributed by atoms with Crippen molar-refractivity contribution in [3.8, 4) is 0 Å². The van der Waals surface area contributed by atoms with Gasteiger partial charge in [-0.3, -0.25) is 0 Å². The van der Waals surface area contributed by atoms with Gasteiger partial charge < -0.3 is 10.6 Å². The van der Waals surface area contributed by atoms with Gasteiger partial charge in [0.05, 0.1) is 15.7 Å². The van der Waals surface area contributed by atoms with Crippen molar-refractivity contribution in [2.75, 3.05) is 5.32 Å². The van der Waals surface area contributed by atoms with Gasteiger partial charge >= 0.3 is 6.03 Å². The fourth-order valence-electron chi connectivity index (χ4n) is 2.01. The molecule has 0 unspecified atom stereocenters. The molecule has 1 saturated carbocycles. The van der Waals surface area contributed by atoms with Crippen LogP contribution in [-0.4, -0.2) is 12.1 Å². The summed E-state index contributed by atoms with van der Waals surface area (Å²) < 4.78 is 0. The van der Waals surface area contributed by atoms with Crippen LogP contribution in [0.2, 0.25) is 10.0 Å². The van der Waals surface area contributed by atoms with Gasteiger partial charge in [0.2, 0.25) is 0 Å². The third-order valence-corrected chi connectivity index (χ3v) is 3.71. The molecule has 17 heavy (non-hydrogen) atoms. The Morgan fingerprint density at radius 1 is 1.24 bits per heavy atom. The van der Waals surface area contributed by atoms with E-state index in [1.165, 1.54) is 12.8 Å². The zero-order chi connectivity index (χ0) is 12.3. The van der Waals surface area contributed by atoms with Gasteiger partial charge in [-0.15, -0.1) is 0 Å². The lowest BCUT2D eigenvalue weighted by molar-refractivity contribution is 0.248. The normalized spacial score (nSPS) is 15.9. The smallest absolute Gasteiger partial charge is 0.319 e. The Labute approximate surface area is 110 Å². The molecule has 0 aliphatic heterocycles. The van der Waals surface area contributed by atoms with Crippen molar-refractivity contribution in [3.05, 3.63) is 28.2 Å². The first-order valence-electron chi connectivity index (χ1n) is 5.68. The highest BCUT2D eigenvalue weighted by Gasteiger charge is 2.17. The molecule has 2 N–H and O–H groups in total. The number of rotatable bonds is 2. The molecule has 1 aromatic rings. The molecule has 2 amide bonds. The second kappa shape index (κ2) is 5.61. The number of urea groups is 1. The van der Waals surface area contributed by atoms with E-state index in [0.717, 1.165) is 12.8 Å². The summed E-state index contributed by atoms with van der Waals surface area (Å²) in [7, 11) is 0. The van der Waals surface area contributed by atoms with E-state index in [0.29, 0.717) is 15.7 Å². The predicted molar refractivity (Wildman–Crippen MR) is 70.9 cm³/mol. The highest BCUT2D eigenvalue weighted by atomic mass is 35.5. The van der Waals surface area contributed by atoms with Crippen molar-refractivity contribution in [3.63, 3.8) is 0 Å². The summed E-state index contributed by atoms with van der Waals surface area (Å²) >= 11 is 11.8. The monoisotopic (exact) mass is 272 g/mol. The Morgan fingerprint density at radius 2 is 1.94 bits per heavy atom. The molecule has 0 aromatic heterocycles. The number of anilines is 1. The van der Waals surface area contributed by atoms with Gasteiger partial charge in [0.15, 0.2) is 0 Å². The summed E-state index contributed by atoms with van der Waals surface area (Å²) in [6.07, 6.45) is 4.47. The van der Waals surface area contributed by atoms with Crippen molar-refractivity contribution in [1.82, 2.24) is 5.32 Å². The van der Waals surface area contributed by atoms with E-state index in [4.69, 9.17) is 23.2 Å². The van der Waals surface area contributed by atoms with E-state index < -0.39 is 0 Å². The third kappa shape index (κ3) is 3.27. The molecule has 5 heteroatoms. The minimum absolute atomic E-state index is 0.221. The van der Waals surface area contributed by atoms with Crippen molar-refractivity contribution < 1.29 is 4.79 Å². The first-order valence-corrected chi connectivity index (χ1v) is 6.44. The Hall–Kier alpha value is -0.930. The third-order valence-electron chi connectivity index (χ3n) is 2.89. The van der Waals surface area contributed by atoms with Crippen molar-refractivity contribution in [2.24, 2.45) is 0 Å². The highest BCUT2D eigenvalue weighted by molar-refractivity contribution is 6.43. The molecule has 1 aromatic carbocycles. The lowest BCUT2D eigenvalue weighted by Crippen LogP contribution is -2.36. The number of carbonyl (C=O) groups excluding carboxylic acids is 1. The zero-order valence-electron chi connectivity index (χ0n) is 9.30.